The molecule has 0 aliphatic rings. The van der Waals surface area contributed by atoms with Crippen LogP contribution in [0.2, 0.25) is 0 Å². The third kappa shape index (κ3) is 3.35. The molecule has 5 heteroatoms. The van der Waals surface area contributed by atoms with E-state index in [-0.39, 0.29) is 5.75 Å². The van der Waals surface area contributed by atoms with Gasteiger partial charge in [0.05, 0.1) is 6.21 Å². The van der Waals surface area contributed by atoms with E-state index in [4.69, 9.17) is 5.21 Å². The lowest BCUT2D eigenvalue weighted by Crippen LogP contribution is -1.94. The second-order valence-electron chi connectivity index (χ2n) is 5.10. The Bertz CT molecular complexity index is 818. The van der Waals surface area contributed by atoms with Gasteiger partial charge < -0.3 is 10.3 Å². The Morgan fingerprint density at radius 2 is 1.83 bits per heavy atom. The molecule has 0 fully saturated rings. The standard InChI is InChI=1S/C18H15N3O2/c22-18-16(12-21-23)9-14(8-13-3-6-19-7-4-13)10-17(18)15-2-1-5-20-11-15/h1-7,9-12,22-23H,8H2/b21-12+. The van der Waals surface area contributed by atoms with Gasteiger partial charge in [0.2, 0.25) is 0 Å². The molecule has 0 bridgehead atoms. The highest BCUT2D eigenvalue weighted by molar-refractivity contribution is 5.88. The van der Waals surface area contributed by atoms with Crippen LogP contribution in [0.3, 0.4) is 0 Å². The molecule has 114 valence electrons. The van der Waals surface area contributed by atoms with Crippen molar-refractivity contribution in [3.05, 3.63) is 77.9 Å². The smallest absolute Gasteiger partial charge is 0.132 e. The van der Waals surface area contributed by atoms with Gasteiger partial charge in [-0.15, -0.1) is 0 Å². The van der Waals surface area contributed by atoms with Gasteiger partial charge in [0.25, 0.3) is 0 Å². The Labute approximate surface area is 133 Å². The van der Waals surface area contributed by atoms with E-state index >= 15 is 0 Å². The fraction of sp³-hybridized carbons (Fsp3) is 0.0556. The van der Waals surface area contributed by atoms with Crippen LogP contribution in [0.15, 0.2) is 66.3 Å². The van der Waals surface area contributed by atoms with Gasteiger partial charge in [0.1, 0.15) is 5.75 Å². The summed E-state index contributed by atoms with van der Waals surface area (Å²) in [5.74, 6) is 0.0641. The molecule has 0 atom stereocenters. The lowest BCUT2D eigenvalue weighted by molar-refractivity contribution is 0.321. The Balaban J connectivity index is 2.08. The molecule has 0 saturated carbocycles. The van der Waals surface area contributed by atoms with Crippen molar-refractivity contribution in [2.75, 3.05) is 0 Å². The Kier molecular flexibility index (Phi) is 4.29. The molecule has 0 amide bonds. The molecular weight excluding hydrogens is 290 g/mol. The van der Waals surface area contributed by atoms with Gasteiger partial charge in [-0.25, -0.2) is 0 Å². The van der Waals surface area contributed by atoms with E-state index in [1.807, 2.05) is 30.3 Å². The molecule has 0 aliphatic carbocycles. The first-order valence-corrected chi connectivity index (χ1v) is 7.10. The van der Waals surface area contributed by atoms with Crippen molar-refractivity contribution in [2.45, 2.75) is 6.42 Å². The number of aromatic nitrogens is 2. The highest BCUT2D eigenvalue weighted by Crippen LogP contribution is 2.33. The molecule has 2 aromatic heterocycles. The summed E-state index contributed by atoms with van der Waals surface area (Å²) in [6, 6.07) is 11.3. The third-order valence-corrected chi connectivity index (χ3v) is 3.53. The Hall–Kier alpha value is -3.21. The van der Waals surface area contributed by atoms with Crippen molar-refractivity contribution in [3.63, 3.8) is 0 Å². The number of phenols is 1. The van der Waals surface area contributed by atoms with E-state index in [2.05, 4.69) is 15.1 Å². The van der Waals surface area contributed by atoms with Crippen LogP contribution in [-0.4, -0.2) is 26.5 Å². The van der Waals surface area contributed by atoms with Crippen LogP contribution in [0.1, 0.15) is 16.7 Å². The molecule has 3 aromatic rings. The summed E-state index contributed by atoms with van der Waals surface area (Å²) in [6.07, 6.45) is 8.76. The molecule has 0 radical (unpaired) electrons. The highest BCUT2D eigenvalue weighted by atomic mass is 16.4. The predicted molar refractivity (Wildman–Crippen MR) is 87.8 cm³/mol. The second-order valence-corrected chi connectivity index (χ2v) is 5.10. The number of benzene rings is 1. The van der Waals surface area contributed by atoms with Crippen molar-refractivity contribution in [1.29, 1.82) is 0 Å². The fourth-order valence-corrected chi connectivity index (χ4v) is 2.46. The van der Waals surface area contributed by atoms with Crippen LogP contribution in [-0.2, 0) is 6.42 Å². The van der Waals surface area contributed by atoms with E-state index in [0.29, 0.717) is 17.5 Å². The minimum absolute atomic E-state index is 0.0641. The molecule has 23 heavy (non-hydrogen) atoms. The van der Waals surface area contributed by atoms with Gasteiger partial charge in [0, 0.05) is 41.5 Å². The molecule has 0 spiro atoms. The van der Waals surface area contributed by atoms with Crippen molar-refractivity contribution in [3.8, 4) is 16.9 Å². The van der Waals surface area contributed by atoms with Gasteiger partial charge >= 0.3 is 0 Å². The number of hydrogen-bond donors (Lipinski definition) is 2. The minimum Gasteiger partial charge on any atom is -0.507 e. The van der Waals surface area contributed by atoms with Crippen LogP contribution in [0, 0.1) is 0 Å². The molecule has 3 rings (SSSR count). The fourth-order valence-electron chi connectivity index (χ4n) is 2.46. The first-order valence-electron chi connectivity index (χ1n) is 7.10. The SMILES string of the molecule is O/N=C/c1cc(Cc2ccncc2)cc(-c2cccnc2)c1O. The van der Waals surface area contributed by atoms with Gasteiger partial charge in [-0.1, -0.05) is 11.2 Å². The van der Waals surface area contributed by atoms with Gasteiger partial charge in [-0.05, 0) is 47.9 Å². The lowest BCUT2D eigenvalue weighted by Gasteiger charge is -2.11. The van der Waals surface area contributed by atoms with E-state index in [9.17, 15) is 5.11 Å². The molecule has 1 aromatic carbocycles. The van der Waals surface area contributed by atoms with Crippen LogP contribution in [0.4, 0.5) is 0 Å². The van der Waals surface area contributed by atoms with Gasteiger partial charge in [-0.3, -0.25) is 9.97 Å². The molecule has 2 N–H and O–H groups in total. The largest absolute Gasteiger partial charge is 0.507 e. The zero-order chi connectivity index (χ0) is 16.1. The average molecular weight is 305 g/mol. The summed E-state index contributed by atoms with van der Waals surface area (Å²) in [4.78, 5) is 8.10. The highest BCUT2D eigenvalue weighted by Gasteiger charge is 2.11. The van der Waals surface area contributed by atoms with Crippen molar-refractivity contribution in [2.24, 2.45) is 5.16 Å². The predicted octanol–water partition coefficient (Wildman–Crippen LogP) is 3.25. The maximum absolute atomic E-state index is 10.4. The topological polar surface area (TPSA) is 78.6 Å². The normalized spacial score (nSPS) is 11.0. The molecule has 5 nitrogen and oxygen atoms in total. The molecule has 0 unspecified atom stereocenters. The van der Waals surface area contributed by atoms with Gasteiger partial charge in [0.15, 0.2) is 0 Å². The molecule has 0 saturated heterocycles. The summed E-state index contributed by atoms with van der Waals surface area (Å²) < 4.78 is 0. The average Bonchev–Trinajstić information content (AvgIpc) is 2.59. The van der Waals surface area contributed by atoms with Crippen molar-refractivity contribution < 1.29 is 10.3 Å². The maximum Gasteiger partial charge on any atom is 0.132 e. The first-order chi connectivity index (χ1) is 11.3. The van der Waals surface area contributed by atoms with Crippen LogP contribution in [0.5, 0.6) is 5.75 Å². The number of pyridine rings is 2. The maximum atomic E-state index is 10.4. The first kappa shape index (κ1) is 14.7. The lowest BCUT2D eigenvalue weighted by atomic mass is 9.96. The summed E-state index contributed by atoms with van der Waals surface area (Å²) in [7, 11) is 0. The second kappa shape index (κ2) is 6.70. The minimum atomic E-state index is 0.0641. The van der Waals surface area contributed by atoms with E-state index in [0.717, 1.165) is 16.7 Å². The molecule has 0 aliphatic heterocycles. The van der Waals surface area contributed by atoms with Crippen molar-refractivity contribution in [1.82, 2.24) is 9.97 Å². The molecular formula is C18H15N3O2. The van der Waals surface area contributed by atoms with E-state index < -0.39 is 0 Å². The van der Waals surface area contributed by atoms with Crippen LogP contribution in [0.25, 0.3) is 11.1 Å². The number of aromatic hydroxyl groups is 1. The van der Waals surface area contributed by atoms with Crippen LogP contribution < -0.4 is 0 Å². The third-order valence-electron chi connectivity index (χ3n) is 3.53. The zero-order valence-electron chi connectivity index (χ0n) is 12.3. The van der Waals surface area contributed by atoms with E-state index in [1.165, 1.54) is 6.21 Å². The number of hydrogen-bond acceptors (Lipinski definition) is 5. The number of oxime groups is 1. The number of phenolic OH excluding ortho intramolecular Hbond substituents is 1. The van der Waals surface area contributed by atoms with E-state index in [1.54, 1.807) is 30.9 Å². The van der Waals surface area contributed by atoms with Crippen LogP contribution >= 0.6 is 0 Å². The molecule has 2 heterocycles. The summed E-state index contributed by atoms with van der Waals surface area (Å²) in [5.41, 5.74) is 4.00. The monoisotopic (exact) mass is 305 g/mol. The summed E-state index contributed by atoms with van der Waals surface area (Å²) in [5, 5.41) is 22.3. The van der Waals surface area contributed by atoms with Crippen molar-refractivity contribution >= 4 is 6.21 Å². The Morgan fingerprint density at radius 3 is 2.52 bits per heavy atom. The quantitative estimate of drug-likeness (QED) is 0.440. The number of rotatable bonds is 4. The zero-order valence-corrected chi connectivity index (χ0v) is 12.3. The Morgan fingerprint density at radius 1 is 1.00 bits per heavy atom. The summed E-state index contributed by atoms with van der Waals surface area (Å²) in [6.45, 7) is 0. The number of nitrogens with zero attached hydrogens (tertiary/aromatic N) is 3. The summed E-state index contributed by atoms with van der Waals surface area (Å²) >= 11 is 0. The van der Waals surface area contributed by atoms with Gasteiger partial charge in [-0.2, -0.15) is 0 Å².